The lowest BCUT2D eigenvalue weighted by molar-refractivity contribution is 0.145. The van der Waals surface area contributed by atoms with Gasteiger partial charge in [0.25, 0.3) is 0 Å². The summed E-state index contributed by atoms with van der Waals surface area (Å²) in [5.41, 5.74) is 3.50. The maximum atomic E-state index is 6.13. The van der Waals surface area contributed by atoms with Gasteiger partial charge in [-0.2, -0.15) is 5.10 Å². The van der Waals surface area contributed by atoms with Gasteiger partial charge in [0.15, 0.2) is 16.6 Å². The highest BCUT2D eigenvalue weighted by Crippen LogP contribution is 2.35. The summed E-state index contributed by atoms with van der Waals surface area (Å²) in [7, 11) is 3.09. The van der Waals surface area contributed by atoms with Gasteiger partial charge in [0.2, 0.25) is 0 Å². The smallest absolute Gasteiger partial charge is 0.186 e. The maximum Gasteiger partial charge on any atom is 0.186 e. The molecule has 1 aromatic rings. The maximum absolute atomic E-state index is 6.13. The van der Waals surface area contributed by atoms with Crippen LogP contribution in [0.15, 0.2) is 17.2 Å². The Morgan fingerprint density at radius 2 is 2.13 bits per heavy atom. The molecule has 6 nitrogen and oxygen atoms in total. The lowest BCUT2D eigenvalue weighted by atomic mass is 10.2. The van der Waals surface area contributed by atoms with Gasteiger partial charge in [-0.1, -0.05) is 11.6 Å². The van der Waals surface area contributed by atoms with E-state index in [0.29, 0.717) is 28.2 Å². The molecule has 0 atom stereocenters. The highest BCUT2D eigenvalue weighted by molar-refractivity contribution is 7.80. The molecule has 0 fully saturated rings. The summed E-state index contributed by atoms with van der Waals surface area (Å²) in [6.45, 7) is 4.12. The molecule has 0 aliphatic carbocycles. The van der Waals surface area contributed by atoms with E-state index >= 15 is 0 Å². The third kappa shape index (κ3) is 7.02. The second-order valence-corrected chi connectivity index (χ2v) is 5.23. The van der Waals surface area contributed by atoms with Crippen LogP contribution in [0.4, 0.5) is 0 Å². The van der Waals surface area contributed by atoms with E-state index in [4.69, 9.17) is 38.0 Å². The van der Waals surface area contributed by atoms with E-state index in [9.17, 15) is 0 Å². The van der Waals surface area contributed by atoms with Crippen LogP contribution in [0.1, 0.15) is 18.9 Å². The minimum Gasteiger partial charge on any atom is -0.493 e. The molecule has 1 aromatic carbocycles. The van der Waals surface area contributed by atoms with Crippen LogP contribution in [0.2, 0.25) is 5.02 Å². The van der Waals surface area contributed by atoms with Gasteiger partial charge in [0.05, 0.1) is 25.5 Å². The molecule has 0 radical (unpaired) electrons. The predicted octanol–water partition coefficient (Wildman–Crippen LogP) is 2.58. The van der Waals surface area contributed by atoms with Crippen molar-refractivity contribution in [3.63, 3.8) is 0 Å². The average Bonchev–Trinajstić information content (AvgIpc) is 2.54. The normalized spacial score (nSPS) is 10.6. The minimum atomic E-state index is 0.448. The Hall–Kier alpha value is -1.57. The summed E-state index contributed by atoms with van der Waals surface area (Å²) < 4.78 is 15.6. The van der Waals surface area contributed by atoms with Crippen molar-refractivity contribution in [3.05, 3.63) is 22.7 Å². The third-order valence-corrected chi connectivity index (χ3v) is 3.31. The molecular formula is C15H22ClN3O3S. The molecule has 0 saturated heterocycles. The van der Waals surface area contributed by atoms with Gasteiger partial charge in [-0.05, 0) is 43.3 Å². The molecule has 0 spiro atoms. The highest BCUT2D eigenvalue weighted by atomic mass is 35.5. The van der Waals surface area contributed by atoms with Crippen molar-refractivity contribution in [2.75, 3.05) is 34.0 Å². The van der Waals surface area contributed by atoms with Crippen molar-refractivity contribution in [1.29, 1.82) is 0 Å². The number of halogens is 1. The zero-order valence-electron chi connectivity index (χ0n) is 13.5. The summed E-state index contributed by atoms with van der Waals surface area (Å²) >= 11 is 11.2. The fraction of sp³-hybridized carbons (Fsp3) is 0.467. The lowest BCUT2D eigenvalue weighted by Gasteiger charge is -2.10. The minimum absolute atomic E-state index is 0.448. The second-order valence-electron chi connectivity index (χ2n) is 4.41. The predicted molar refractivity (Wildman–Crippen MR) is 97.0 cm³/mol. The molecule has 0 aliphatic heterocycles. The second kappa shape index (κ2) is 11.0. The van der Waals surface area contributed by atoms with Crippen molar-refractivity contribution in [3.8, 4) is 11.5 Å². The van der Waals surface area contributed by atoms with Crippen molar-refractivity contribution in [2.24, 2.45) is 5.10 Å². The lowest BCUT2D eigenvalue weighted by Crippen LogP contribution is -2.33. The highest BCUT2D eigenvalue weighted by Gasteiger charge is 2.09. The molecule has 23 heavy (non-hydrogen) atoms. The van der Waals surface area contributed by atoms with Gasteiger partial charge >= 0.3 is 0 Å². The standard InChI is InChI=1S/C15H22ClN3O3S/c1-4-22-7-5-6-17-15(23)19-18-10-11-8-12(16)14(21-3)13(9-11)20-2/h8-10H,4-7H2,1-3H3,(H2,17,19,23)/b18-10-. The monoisotopic (exact) mass is 359 g/mol. The van der Waals surface area contributed by atoms with Crippen LogP contribution in [-0.4, -0.2) is 45.3 Å². The van der Waals surface area contributed by atoms with E-state index in [1.807, 2.05) is 6.92 Å². The van der Waals surface area contributed by atoms with Gasteiger partial charge < -0.3 is 19.5 Å². The number of hydrazone groups is 1. The number of ether oxygens (including phenoxy) is 3. The Morgan fingerprint density at radius 3 is 2.78 bits per heavy atom. The summed E-state index contributed by atoms with van der Waals surface area (Å²) in [6, 6.07) is 3.50. The fourth-order valence-electron chi connectivity index (χ4n) is 1.74. The molecule has 0 bridgehead atoms. The SMILES string of the molecule is CCOCCCNC(=S)N/N=C\c1cc(Cl)c(OC)c(OC)c1. The molecule has 0 amide bonds. The Balaban J connectivity index is 2.48. The van der Waals surface area contributed by atoms with Crippen LogP contribution in [0.5, 0.6) is 11.5 Å². The number of rotatable bonds is 9. The van der Waals surface area contributed by atoms with E-state index in [-0.39, 0.29) is 0 Å². The third-order valence-electron chi connectivity index (χ3n) is 2.79. The number of benzene rings is 1. The molecule has 8 heteroatoms. The van der Waals surface area contributed by atoms with Crippen LogP contribution in [0, 0.1) is 0 Å². The van der Waals surface area contributed by atoms with Crippen LogP contribution in [0.25, 0.3) is 0 Å². The van der Waals surface area contributed by atoms with Gasteiger partial charge in [0, 0.05) is 19.8 Å². The van der Waals surface area contributed by atoms with Crippen LogP contribution in [-0.2, 0) is 4.74 Å². The molecule has 0 unspecified atom stereocenters. The number of nitrogens with one attached hydrogen (secondary N) is 2. The van der Waals surface area contributed by atoms with Crippen molar-refractivity contribution in [1.82, 2.24) is 10.7 Å². The number of thiocarbonyl (C=S) groups is 1. The number of hydrogen-bond donors (Lipinski definition) is 2. The first-order valence-corrected chi connectivity index (χ1v) is 7.97. The van der Waals surface area contributed by atoms with E-state index in [0.717, 1.165) is 25.1 Å². The van der Waals surface area contributed by atoms with Crippen LogP contribution >= 0.6 is 23.8 Å². The van der Waals surface area contributed by atoms with Crippen LogP contribution in [0.3, 0.4) is 0 Å². The Kier molecular flexibility index (Phi) is 9.35. The Morgan fingerprint density at radius 1 is 1.35 bits per heavy atom. The average molecular weight is 360 g/mol. The quantitative estimate of drug-likeness (QED) is 0.306. The number of nitrogens with zero attached hydrogens (tertiary/aromatic N) is 1. The zero-order chi connectivity index (χ0) is 17.1. The number of methoxy groups -OCH3 is 2. The van der Waals surface area contributed by atoms with E-state index in [1.165, 1.54) is 7.11 Å². The molecular weight excluding hydrogens is 338 g/mol. The van der Waals surface area contributed by atoms with Crippen molar-refractivity contribution < 1.29 is 14.2 Å². The zero-order valence-corrected chi connectivity index (χ0v) is 15.1. The first-order valence-electron chi connectivity index (χ1n) is 7.18. The summed E-state index contributed by atoms with van der Waals surface area (Å²) in [4.78, 5) is 0. The van der Waals surface area contributed by atoms with Crippen molar-refractivity contribution in [2.45, 2.75) is 13.3 Å². The van der Waals surface area contributed by atoms with Gasteiger partial charge in [-0.3, -0.25) is 5.43 Å². The van der Waals surface area contributed by atoms with Crippen molar-refractivity contribution >= 4 is 35.1 Å². The van der Waals surface area contributed by atoms with Crippen LogP contribution < -0.4 is 20.2 Å². The van der Waals surface area contributed by atoms with E-state index < -0.39 is 0 Å². The Labute approximate surface area is 147 Å². The first kappa shape index (κ1) is 19.5. The molecule has 128 valence electrons. The first-order chi connectivity index (χ1) is 11.1. The number of hydrogen-bond acceptors (Lipinski definition) is 5. The fourth-order valence-corrected chi connectivity index (χ4v) is 2.19. The molecule has 0 heterocycles. The summed E-state index contributed by atoms with van der Waals surface area (Å²) in [5, 5.41) is 8.00. The molecule has 0 aliphatic rings. The molecule has 0 aromatic heterocycles. The van der Waals surface area contributed by atoms with E-state index in [2.05, 4.69) is 15.8 Å². The van der Waals surface area contributed by atoms with E-state index in [1.54, 1.807) is 25.5 Å². The molecule has 1 rings (SSSR count). The largest absolute Gasteiger partial charge is 0.493 e. The van der Waals surface area contributed by atoms with Gasteiger partial charge in [-0.25, -0.2) is 0 Å². The summed E-state index contributed by atoms with van der Waals surface area (Å²) in [6.07, 6.45) is 2.48. The molecule has 2 N–H and O–H groups in total. The Bertz CT molecular complexity index is 541. The van der Waals surface area contributed by atoms with Gasteiger partial charge in [0.1, 0.15) is 0 Å². The topological polar surface area (TPSA) is 64.1 Å². The molecule has 0 saturated carbocycles. The summed E-state index contributed by atoms with van der Waals surface area (Å²) in [5.74, 6) is 1.03. The van der Waals surface area contributed by atoms with Gasteiger partial charge in [-0.15, -0.1) is 0 Å².